The van der Waals surface area contributed by atoms with Crippen LogP contribution >= 0.6 is 12.6 Å². The van der Waals surface area contributed by atoms with Gasteiger partial charge in [0.15, 0.2) is 0 Å². The van der Waals surface area contributed by atoms with Crippen molar-refractivity contribution in [1.29, 1.82) is 0 Å². The van der Waals surface area contributed by atoms with Crippen molar-refractivity contribution in [3.63, 3.8) is 0 Å². The summed E-state index contributed by atoms with van der Waals surface area (Å²) in [5, 5.41) is 0.593. The second-order valence-corrected chi connectivity index (χ2v) is 2.96. The molecule has 1 aliphatic rings. The van der Waals surface area contributed by atoms with Crippen molar-refractivity contribution in [2.45, 2.75) is 30.6 Å². The van der Waals surface area contributed by atoms with Crippen LogP contribution in [0, 0.1) is 0 Å². The van der Waals surface area contributed by atoms with Crippen molar-refractivity contribution in [2.24, 2.45) is 5.73 Å². The zero-order valence-electron chi connectivity index (χ0n) is 4.30. The van der Waals surface area contributed by atoms with Gasteiger partial charge in [0.25, 0.3) is 0 Å². The molecule has 0 radical (unpaired) electrons. The van der Waals surface area contributed by atoms with E-state index in [1.165, 1.54) is 12.8 Å². The molecule has 1 aliphatic carbocycles. The van der Waals surface area contributed by atoms with Gasteiger partial charge >= 0.3 is 0 Å². The smallest absolute Gasteiger partial charge is 0.00496 e. The number of hydrogen-bond acceptors (Lipinski definition) is 2. The molecule has 0 bridgehead atoms. The maximum atomic E-state index is 5.58. The predicted octanol–water partition coefficient (Wildman–Crippen LogP) is 0.796. The summed E-state index contributed by atoms with van der Waals surface area (Å²) in [5.41, 5.74) is 5.58. The number of nitrogens with two attached hydrogens (primary N) is 1. The molecule has 0 aromatic carbocycles. The Balaban J connectivity index is 2.26. The van der Waals surface area contributed by atoms with Crippen LogP contribution in [0.5, 0.6) is 0 Å². The first-order valence-electron chi connectivity index (χ1n) is 2.72. The lowest BCUT2D eigenvalue weighted by Crippen LogP contribution is -2.14. The summed E-state index contributed by atoms with van der Waals surface area (Å²) in [6.07, 6.45) is 3.50. The SMILES string of the molecule is N[C@H]1CC[C@H](S)C1. The Morgan fingerprint density at radius 1 is 1.43 bits per heavy atom. The van der Waals surface area contributed by atoms with Crippen LogP contribution in [0.25, 0.3) is 0 Å². The van der Waals surface area contributed by atoms with Crippen molar-refractivity contribution in [2.75, 3.05) is 0 Å². The van der Waals surface area contributed by atoms with Crippen molar-refractivity contribution in [3.8, 4) is 0 Å². The molecule has 42 valence electrons. The molecule has 1 rings (SSSR count). The molecule has 0 heterocycles. The van der Waals surface area contributed by atoms with Crippen molar-refractivity contribution in [3.05, 3.63) is 0 Å². The average molecular weight is 117 g/mol. The zero-order valence-corrected chi connectivity index (χ0v) is 5.20. The highest BCUT2D eigenvalue weighted by Gasteiger charge is 2.17. The van der Waals surface area contributed by atoms with Crippen molar-refractivity contribution >= 4 is 12.6 Å². The van der Waals surface area contributed by atoms with E-state index in [0.29, 0.717) is 11.3 Å². The van der Waals surface area contributed by atoms with E-state index in [2.05, 4.69) is 12.6 Å². The highest BCUT2D eigenvalue weighted by atomic mass is 32.1. The van der Waals surface area contributed by atoms with E-state index in [1.807, 2.05) is 0 Å². The van der Waals surface area contributed by atoms with Gasteiger partial charge in [-0.1, -0.05) is 0 Å². The highest BCUT2D eigenvalue weighted by Crippen LogP contribution is 2.21. The summed E-state index contributed by atoms with van der Waals surface area (Å²) in [7, 11) is 0. The Morgan fingerprint density at radius 3 is 2.29 bits per heavy atom. The molecule has 1 saturated carbocycles. The van der Waals surface area contributed by atoms with E-state index in [0.717, 1.165) is 6.42 Å². The first-order valence-corrected chi connectivity index (χ1v) is 3.24. The molecule has 0 amide bonds. The maximum Gasteiger partial charge on any atom is 0.00496 e. The molecule has 0 aromatic heterocycles. The largest absolute Gasteiger partial charge is 0.328 e. The summed E-state index contributed by atoms with van der Waals surface area (Å²) in [6.45, 7) is 0. The van der Waals surface area contributed by atoms with Crippen molar-refractivity contribution in [1.82, 2.24) is 0 Å². The van der Waals surface area contributed by atoms with Gasteiger partial charge in [-0.2, -0.15) is 12.6 Å². The average Bonchev–Trinajstić information content (AvgIpc) is 1.87. The molecular weight excluding hydrogens is 106 g/mol. The summed E-state index contributed by atoms with van der Waals surface area (Å²) in [6, 6.07) is 0.447. The van der Waals surface area contributed by atoms with E-state index >= 15 is 0 Å². The van der Waals surface area contributed by atoms with Gasteiger partial charge in [0, 0.05) is 11.3 Å². The quantitative estimate of drug-likeness (QED) is 0.451. The molecule has 0 aliphatic heterocycles. The standard InChI is InChI=1S/C5H11NS/c6-4-1-2-5(7)3-4/h4-5,7H,1-3,6H2/t4-,5-/m0/s1. The second kappa shape index (κ2) is 2.05. The molecule has 0 saturated heterocycles. The normalized spacial score (nSPS) is 42.0. The van der Waals surface area contributed by atoms with Crippen LogP contribution in [0.3, 0.4) is 0 Å². The van der Waals surface area contributed by atoms with Crippen molar-refractivity contribution < 1.29 is 0 Å². The molecule has 2 atom stereocenters. The molecule has 0 aromatic rings. The van der Waals surface area contributed by atoms with E-state index in [1.54, 1.807) is 0 Å². The molecular formula is C5H11NS. The minimum absolute atomic E-state index is 0.447. The first kappa shape index (κ1) is 5.45. The number of hydrogen-bond donors (Lipinski definition) is 2. The van der Waals surface area contributed by atoms with Gasteiger partial charge in [-0.25, -0.2) is 0 Å². The van der Waals surface area contributed by atoms with Gasteiger partial charge in [-0.05, 0) is 19.3 Å². The fraction of sp³-hybridized carbons (Fsp3) is 1.00. The Kier molecular flexibility index (Phi) is 1.60. The van der Waals surface area contributed by atoms with Gasteiger partial charge in [0.05, 0.1) is 0 Å². The topological polar surface area (TPSA) is 26.0 Å². The summed E-state index contributed by atoms with van der Waals surface area (Å²) in [4.78, 5) is 0. The predicted molar refractivity (Wildman–Crippen MR) is 34.6 cm³/mol. The molecule has 2 heteroatoms. The molecule has 0 unspecified atom stereocenters. The number of thiol groups is 1. The minimum atomic E-state index is 0.447. The van der Waals surface area contributed by atoms with Crippen LogP contribution in [0.2, 0.25) is 0 Å². The Hall–Kier alpha value is 0.310. The van der Waals surface area contributed by atoms with Crippen LogP contribution in [0.15, 0.2) is 0 Å². The van der Waals surface area contributed by atoms with Gasteiger partial charge in [-0.3, -0.25) is 0 Å². The molecule has 7 heavy (non-hydrogen) atoms. The first-order chi connectivity index (χ1) is 3.29. The third kappa shape index (κ3) is 1.35. The Labute approximate surface area is 49.7 Å². The van der Waals surface area contributed by atoms with E-state index in [-0.39, 0.29) is 0 Å². The second-order valence-electron chi connectivity index (χ2n) is 2.23. The van der Waals surface area contributed by atoms with Crippen LogP contribution in [-0.4, -0.2) is 11.3 Å². The van der Waals surface area contributed by atoms with Crippen LogP contribution in [0.4, 0.5) is 0 Å². The van der Waals surface area contributed by atoms with E-state index < -0.39 is 0 Å². The van der Waals surface area contributed by atoms with Gasteiger partial charge in [0.2, 0.25) is 0 Å². The zero-order chi connectivity index (χ0) is 5.28. The van der Waals surface area contributed by atoms with Crippen LogP contribution in [-0.2, 0) is 0 Å². The summed E-state index contributed by atoms with van der Waals surface area (Å²) >= 11 is 4.27. The molecule has 1 nitrogen and oxygen atoms in total. The summed E-state index contributed by atoms with van der Waals surface area (Å²) in [5.74, 6) is 0. The highest BCUT2D eigenvalue weighted by molar-refractivity contribution is 7.80. The van der Waals surface area contributed by atoms with E-state index in [9.17, 15) is 0 Å². The molecule has 0 spiro atoms. The summed E-state index contributed by atoms with van der Waals surface area (Å²) < 4.78 is 0. The fourth-order valence-corrected chi connectivity index (χ4v) is 1.41. The third-order valence-corrected chi connectivity index (χ3v) is 1.91. The lowest BCUT2D eigenvalue weighted by molar-refractivity contribution is 0.706. The monoisotopic (exact) mass is 117 g/mol. The van der Waals surface area contributed by atoms with Gasteiger partial charge in [-0.15, -0.1) is 0 Å². The van der Waals surface area contributed by atoms with Crippen LogP contribution < -0.4 is 5.73 Å². The van der Waals surface area contributed by atoms with E-state index in [4.69, 9.17) is 5.73 Å². The Bertz CT molecular complexity index is 57.1. The molecule has 2 N–H and O–H groups in total. The fourth-order valence-electron chi connectivity index (χ4n) is 0.992. The van der Waals surface area contributed by atoms with Gasteiger partial charge < -0.3 is 5.73 Å². The lowest BCUT2D eigenvalue weighted by Gasteiger charge is -1.96. The number of rotatable bonds is 0. The lowest BCUT2D eigenvalue weighted by atomic mass is 10.3. The van der Waals surface area contributed by atoms with Crippen LogP contribution in [0.1, 0.15) is 19.3 Å². The van der Waals surface area contributed by atoms with Gasteiger partial charge in [0.1, 0.15) is 0 Å². The maximum absolute atomic E-state index is 5.58. The third-order valence-electron chi connectivity index (χ3n) is 1.45. The minimum Gasteiger partial charge on any atom is -0.328 e. The Morgan fingerprint density at radius 2 is 2.14 bits per heavy atom. The molecule has 1 fully saturated rings.